The van der Waals surface area contributed by atoms with Crippen molar-refractivity contribution in [1.82, 2.24) is 15.5 Å². The standard InChI is InChI=1S/C14H16BrN3O/c1-9-12(5-6-16-9)14-17-13(18-19-14)8-10-3-2-4-11(15)7-10/h2-4,7,9,12,16H,5-6,8H2,1H3. The maximum atomic E-state index is 5.41. The Balaban J connectivity index is 1.74. The molecule has 3 rings (SSSR count). The minimum Gasteiger partial charge on any atom is -0.339 e. The lowest BCUT2D eigenvalue weighted by Gasteiger charge is -2.08. The highest BCUT2D eigenvalue weighted by atomic mass is 79.9. The van der Waals surface area contributed by atoms with Crippen molar-refractivity contribution >= 4 is 15.9 Å². The van der Waals surface area contributed by atoms with Gasteiger partial charge in [0.05, 0.1) is 5.92 Å². The summed E-state index contributed by atoms with van der Waals surface area (Å²) in [5.74, 6) is 1.87. The van der Waals surface area contributed by atoms with Crippen LogP contribution in [0.3, 0.4) is 0 Å². The van der Waals surface area contributed by atoms with E-state index in [9.17, 15) is 0 Å². The van der Waals surface area contributed by atoms with Crippen LogP contribution in [0.15, 0.2) is 33.3 Å². The monoisotopic (exact) mass is 321 g/mol. The minimum atomic E-state index is 0.351. The molecule has 0 amide bonds. The molecule has 2 atom stereocenters. The number of nitrogens with zero attached hydrogens (tertiary/aromatic N) is 2. The van der Waals surface area contributed by atoms with E-state index >= 15 is 0 Å². The van der Waals surface area contributed by atoms with Crippen molar-refractivity contribution < 1.29 is 4.52 Å². The number of aromatic nitrogens is 2. The predicted octanol–water partition coefficient (Wildman–Crippen LogP) is 2.89. The fourth-order valence-corrected chi connectivity index (χ4v) is 2.96. The summed E-state index contributed by atoms with van der Waals surface area (Å²) < 4.78 is 6.48. The van der Waals surface area contributed by atoms with Crippen LogP contribution in [-0.2, 0) is 6.42 Å². The predicted molar refractivity (Wildman–Crippen MR) is 76.1 cm³/mol. The second-order valence-electron chi connectivity index (χ2n) is 4.99. The number of hydrogen-bond donors (Lipinski definition) is 1. The first-order valence-electron chi connectivity index (χ1n) is 6.52. The molecule has 0 aliphatic carbocycles. The molecule has 5 heteroatoms. The smallest absolute Gasteiger partial charge is 0.231 e. The lowest BCUT2D eigenvalue weighted by molar-refractivity contribution is 0.342. The molecule has 0 spiro atoms. The average Bonchev–Trinajstić information content (AvgIpc) is 2.98. The van der Waals surface area contributed by atoms with E-state index in [2.05, 4.69) is 50.4 Å². The van der Waals surface area contributed by atoms with Gasteiger partial charge in [0.1, 0.15) is 0 Å². The molecule has 0 bridgehead atoms. The van der Waals surface area contributed by atoms with E-state index in [0.717, 1.165) is 29.2 Å². The van der Waals surface area contributed by atoms with Crippen molar-refractivity contribution in [2.45, 2.75) is 31.7 Å². The van der Waals surface area contributed by atoms with Crippen LogP contribution >= 0.6 is 15.9 Å². The van der Waals surface area contributed by atoms with Crippen molar-refractivity contribution in [1.29, 1.82) is 0 Å². The first kappa shape index (κ1) is 12.8. The minimum absolute atomic E-state index is 0.351. The van der Waals surface area contributed by atoms with Crippen LogP contribution in [0.1, 0.15) is 36.5 Å². The highest BCUT2D eigenvalue weighted by Gasteiger charge is 2.29. The van der Waals surface area contributed by atoms with Gasteiger partial charge >= 0.3 is 0 Å². The summed E-state index contributed by atoms with van der Waals surface area (Å²) in [7, 11) is 0. The molecule has 1 N–H and O–H groups in total. The number of halogens is 1. The lowest BCUT2D eigenvalue weighted by atomic mass is 10.0. The molecule has 19 heavy (non-hydrogen) atoms. The van der Waals surface area contributed by atoms with E-state index < -0.39 is 0 Å². The first-order valence-corrected chi connectivity index (χ1v) is 7.32. The molecule has 1 aliphatic rings. The summed E-state index contributed by atoms with van der Waals surface area (Å²) >= 11 is 3.47. The van der Waals surface area contributed by atoms with Crippen LogP contribution in [0.25, 0.3) is 0 Å². The number of benzene rings is 1. The fourth-order valence-electron chi connectivity index (χ4n) is 2.52. The Labute approximate surface area is 120 Å². The third kappa shape index (κ3) is 2.87. The maximum absolute atomic E-state index is 5.41. The molecule has 2 heterocycles. The topological polar surface area (TPSA) is 51.0 Å². The Morgan fingerprint density at radius 3 is 3.11 bits per heavy atom. The Hall–Kier alpha value is -1.20. The first-order chi connectivity index (χ1) is 9.22. The highest BCUT2D eigenvalue weighted by Crippen LogP contribution is 2.26. The summed E-state index contributed by atoms with van der Waals surface area (Å²) in [6.45, 7) is 3.19. The molecule has 1 fully saturated rings. The van der Waals surface area contributed by atoms with E-state index in [4.69, 9.17) is 4.52 Å². The van der Waals surface area contributed by atoms with Crippen molar-refractivity contribution in [3.8, 4) is 0 Å². The molecule has 1 aliphatic heterocycles. The van der Waals surface area contributed by atoms with Crippen LogP contribution in [0, 0.1) is 0 Å². The summed E-state index contributed by atoms with van der Waals surface area (Å²) in [4.78, 5) is 4.53. The van der Waals surface area contributed by atoms with E-state index in [1.165, 1.54) is 5.56 Å². The van der Waals surface area contributed by atoms with Gasteiger partial charge in [-0.2, -0.15) is 4.98 Å². The second-order valence-corrected chi connectivity index (χ2v) is 5.91. The van der Waals surface area contributed by atoms with Gasteiger partial charge in [0, 0.05) is 16.9 Å². The molecule has 2 aromatic rings. The molecule has 100 valence electrons. The van der Waals surface area contributed by atoms with Crippen LogP contribution < -0.4 is 5.32 Å². The van der Waals surface area contributed by atoms with Crippen LogP contribution in [0.4, 0.5) is 0 Å². The zero-order chi connectivity index (χ0) is 13.2. The van der Waals surface area contributed by atoms with Crippen molar-refractivity contribution in [3.05, 3.63) is 46.0 Å². The molecule has 1 saturated heterocycles. The maximum Gasteiger partial charge on any atom is 0.231 e. The third-order valence-electron chi connectivity index (χ3n) is 3.58. The van der Waals surface area contributed by atoms with Gasteiger partial charge in [-0.05, 0) is 37.6 Å². The van der Waals surface area contributed by atoms with Crippen LogP contribution in [0.5, 0.6) is 0 Å². The van der Waals surface area contributed by atoms with Gasteiger partial charge in [0.15, 0.2) is 5.82 Å². The van der Waals surface area contributed by atoms with E-state index in [1.807, 2.05) is 12.1 Å². The molecule has 4 nitrogen and oxygen atoms in total. The fraction of sp³-hybridized carbons (Fsp3) is 0.429. The summed E-state index contributed by atoms with van der Waals surface area (Å²) in [5.41, 5.74) is 1.18. The zero-order valence-electron chi connectivity index (χ0n) is 10.8. The van der Waals surface area contributed by atoms with E-state index in [-0.39, 0.29) is 0 Å². The quantitative estimate of drug-likeness (QED) is 0.944. The van der Waals surface area contributed by atoms with Crippen molar-refractivity contribution in [3.63, 3.8) is 0 Å². The second kappa shape index (κ2) is 5.43. The molecule has 0 saturated carbocycles. The number of nitrogens with one attached hydrogen (secondary N) is 1. The molecular formula is C14H16BrN3O. The van der Waals surface area contributed by atoms with E-state index in [1.54, 1.807) is 0 Å². The molecule has 0 radical (unpaired) electrons. The van der Waals surface area contributed by atoms with Gasteiger partial charge in [-0.25, -0.2) is 0 Å². The third-order valence-corrected chi connectivity index (χ3v) is 4.07. The molecular weight excluding hydrogens is 306 g/mol. The van der Waals surface area contributed by atoms with Crippen molar-refractivity contribution in [2.24, 2.45) is 0 Å². The Morgan fingerprint density at radius 2 is 2.37 bits per heavy atom. The summed E-state index contributed by atoms with van der Waals surface area (Å²) in [5, 5.41) is 7.49. The lowest BCUT2D eigenvalue weighted by Crippen LogP contribution is -2.21. The molecule has 1 aromatic carbocycles. The summed E-state index contributed by atoms with van der Waals surface area (Å²) in [6.07, 6.45) is 1.77. The molecule has 1 aromatic heterocycles. The van der Waals surface area contributed by atoms with E-state index in [0.29, 0.717) is 18.4 Å². The largest absolute Gasteiger partial charge is 0.339 e. The zero-order valence-corrected chi connectivity index (χ0v) is 12.4. The Bertz CT molecular complexity index is 569. The van der Waals surface area contributed by atoms with Gasteiger partial charge in [-0.15, -0.1) is 0 Å². The molecule has 2 unspecified atom stereocenters. The normalized spacial score (nSPS) is 22.8. The highest BCUT2D eigenvalue weighted by molar-refractivity contribution is 9.10. The van der Waals surface area contributed by atoms with Gasteiger partial charge in [-0.3, -0.25) is 0 Å². The SMILES string of the molecule is CC1NCCC1c1nc(Cc2cccc(Br)c2)no1. The summed E-state index contributed by atoms with van der Waals surface area (Å²) in [6, 6.07) is 8.59. The van der Waals surface area contributed by atoms with Crippen LogP contribution in [0.2, 0.25) is 0 Å². The van der Waals surface area contributed by atoms with Gasteiger partial charge < -0.3 is 9.84 Å². The van der Waals surface area contributed by atoms with Gasteiger partial charge in [0.25, 0.3) is 0 Å². The van der Waals surface area contributed by atoms with Crippen molar-refractivity contribution in [2.75, 3.05) is 6.54 Å². The Morgan fingerprint density at radius 1 is 1.47 bits per heavy atom. The van der Waals surface area contributed by atoms with Gasteiger partial charge in [-0.1, -0.05) is 33.2 Å². The van der Waals surface area contributed by atoms with Crippen LogP contribution in [-0.4, -0.2) is 22.7 Å². The van der Waals surface area contributed by atoms with Gasteiger partial charge in [0.2, 0.25) is 5.89 Å². The number of rotatable bonds is 3. The Kier molecular flexibility index (Phi) is 3.66. The number of hydrogen-bond acceptors (Lipinski definition) is 4. The average molecular weight is 322 g/mol.